The number of carboxylic acids is 1. The first-order valence-corrected chi connectivity index (χ1v) is 4.76. The van der Waals surface area contributed by atoms with Crippen LogP contribution in [0.4, 0.5) is 11.5 Å². The molecule has 0 aliphatic carbocycles. The first-order chi connectivity index (χ1) is 7.77. The van der Waals surface area contributed by atoms with Gasteiger partial charge in [0.25, 0.3) is 0 Å². The van der Waals surface area contributed by atoms with Gasteiger partial charge in [-0.05, 0) is 18.2 Å². The average molecular weight is 213 g/mol. The third-order valence-electron chi connectivity index (χ3n) is 2.07. The van der Waals surface area contributed by atoms with Crippen molar-refractivity contribution in [3.8, 4) is 0 Å². The van der Waals surface area contributed by atoms with Gasteiger partial charge in [-0.3, -0.25) is 0 Å². The Labute approximate surface area is 92.6 Å². The minimum atomic E-state index is -1.21. The lowest BCUT2D eigenvalue weighted by molar-refractivity contribution is -0.254. The molecule has 0 atom stereocenters. The van der Waals surface area contributed by atoms with Crippen molar-refractivity contribution < 1.29 is 9.90 Å². The molecule has 1 aromatic carbocycles. The zero-order valence-electron chi connectivity index (χ0n) is 8.38. The minimum Gasteiger partial charge on any atom is -0.545 e. The Balaban J connectivity index is 2.31. The molecule has 0 spiro atoms. The second kappa shape index (κ2) is 4.44. The van der Waals surface area contributed by atoms with Gasteiger partial charge < -0.3 is 15.2 Å². The van der Waals surface area contributed by atoms with Crippen LogP contribution in [0.5, 0.6) is 0 Å². The van der Waals surface area contributed by atoms with Gasteiger partial charge in [0, 0.05) is 17.4 Å². The number of benzene rings is 1. The van der Waals surface area contributed by atoms with Crippen LogP contribution in [0.1, 0.15) is 10.4 Å². The van der Waals surface area contributed by atoms with Gasteiger partial charge in [0.15, 0.2) is 0 Å². The Morgan fingerprint density at radius 1 is 1.12 bits per heavy atom. The summed E-state index contributed by atoms with van der Waals surface area (Å²) < 4.78 is 0. The van der Waals surface area contributed by atoms with Crippen LogP contribution in [-0.4, -0.2) is 11.0 Å². The number of hydrogen-bond acceptors (Lipinski definition) is 4. The lowest BCUT2D eigenvalue weighted by Crippen LogP contribution is -2.23. The van der Waals surface area contributed by atoms with Crippen LogP contribution in [-0.2, 0) is 0 Å². The number of para-hydroxylation sites is 1. The van der Waals surface area contributed by atoms with Gasteiger partial charge in [0.1, 0.15) is 5.82 Å². The smallest absolute Gasteiger partial charge is 0.130 e. The Hall–Kier alpha value is -2.36. The van der Waals surface area contributed by atoms with Gasteiger partial charge in [-0.15, -0.1) is 0 Å². The summed E-state index contributed by atoms with van der Waals surface area (Å²) in [7, 11) is 0. The summed E-state index contributed by atoms with van der Waals surface area (Å²) in [5.74, 6) is -0.616. The molecule has 2 rings (SSSR count). The van der Waals surface area contributed by atoms with Gasteiger partial charge in [0.2, 0.25) is 0 Å². The molecule has 4 heteroatoms. The number of nitrogens with one attached hydrogen (secondary N) is 1. The maximum absolute atomic E-state index is 10.8. The quantitative estimate of drug-likeness (QED) is 0.831. The second-order valence-corrected chi connectivity index (χ2v) is 3.17. The average Bonchev–Trinajstić information content (AvgIpc) is 2.31. The van der Waals surface area contributed by atoms with E-state index in [4.69, 9.17) is 0 Å². The number of aromatic nitrogens is 1. The normalized spacial score (nSPS) is 9.75. The Bertz CT molecular complexity index is 497. The van der Waals surface area contributed by atoms with Crippen LogP contribution in [0.2, 0.25) is 0 Å². The van der Waals surface area contributed by atoms with Crippen LogP contribution < -0.4 is 10.4 Å². The molecule has 4 nitrogen and oxygen atoms in total. The van der Waals surface area contributed by atoms with Gasteiger partial charge in [0.05, 0.1) is 5.97 Å². The molecule has 0 bridgehead atoms. The zero-order valence-corrected chi connectivity index (χ0v) is 8.38. The van der Waals surface area contributed by atoms with E-state index < -0.39 is 5.97 Å². The fraction of sp³-hybridized carbons (Fsp3) is 0. The van der Waals surface area contributed by atoms with Crippen LogP contribution in [0.25, 0.3) is 0 Å². The number of carbonyl (C=O) groups excluding carboxylic acids is 1. The number of rotatable bonds is 3. The highest BCUT2D eigenvalue weighted by Crippen LogP contribution is 2.18. The van der Waals surface area contributed by atoms with Crippen LogP contribution in [0.3, 0.4) is 0 Å². The molecular weight excluding hydrogens is 204 g/mol. The van der Waals surface area contributed by atoms with E-state index in [0.29, 0.717) is 11.5 Å². The molecule has 0 radical (unpaired) electrons. The lowest BCUT2D eigenvalue weighted by Gasteiger charge is -2.11. The molecule has 0 aliphatic heterocycles. The van der Waals surface area contributed by atoms with E-state index in [-0.39, 0.29) is 5.56 Å². The molecule has 1 heterocycles. The van der Waals surface area contributed by atoms with Crippen molar-refractivity contribution in [1.82, 2.24) is 4.98 Å². The van der Waals surface area contributed by atoms with E-state index in [9.17, 15) is 9.90 Å². The number of anilines is 2. The third-order valence-corrected chi connectivity index (χ3v) is 2.07. The molecular formula is C12H9N2O2-. The molecule has 0 amide bonds. The predicted molar refractivity (Wildman–Crippen MR) is 58.3 cm³/mol. The van der Waals surface area contributed by atoms with Crippen molar-refractivity contribution in [2.75, 3.05) is 5.32 Å². The highest BCUT2D eigenvalue weighted by atomic mass is 16.4. The summed E-state index contributed by atoms with van der Waals surface area (Å²) in [5, 5.41) is 13.8. The Morgan fingerprint density at radius 3 is 2.56 bits per heavy atom. The monoisotopic (exact) mass is 213 g/mol. The maximum Gasteiger partial charge on any atom is 0.130 e. The van der Waals surface area contributed by atoms with Gasteiger partial charge in [-0.1, -0.05) is 24.3 Å². The molecule has 0 saturated carbocycles. The Morgan fingerprint density at radius 2 is 1.88 bits per heavy atom. The highest BCUT2D eigenvalue weighted by molar-refractivity contribution is 5.93. The fourth-order valence-corrected chi connectivity index (χ4v) is 1.34. The lowest BCUT2D eigenvalue weighted by atomic mass is 10.2. The van der Waals surface area contributed by atoms with E-state index in [1.165, 1.54) is 6.07 Å². The molecule has 0 aliphatic rings. The summed E-state index contributed by atoms with van der Waals surface area (Å²) in [6, 6.07) is 11.9. The van der Waals surface area contributed by atoms with E-state index in [1.54, 1.807) is 36.5 Å². The molecule has 0 fully saturated rings. The summed E-state index contributed by atoms with van der Waals surface area (Å²) in [5.41, 5.74) is 0.592. The first kappa shape index (κ1) is 10.2. The highest BCUT2D eigenvalue weighted by Gasteiger charge is 2.02. The summed E-state index contributed by atoms with van der Waals surface area (Å²) in [4.78, 5) is 14.9. The molecule has 1 N–H and O–H groups in total. The number of carbonyl (C=O) groups is 1. The summed E-state index contributed by atoms with van der Waals surface area (Å²) >= 11 is 0. The molecule has 1 aromatic heterocycles. The van der Waals surface area contributed by atoms with E-state index in [0.717, 1.165) is 0 Å². The standard InChI is InChI=1S/C12H10N2O2/c15-12(16)9-5-1-2-6-10(9)14-11-7-3-4-8-13-11/h1-8H,(H,13,14)(H,15,16)/p-1. The summed E-state index contributed by atoms with van der Waals surface area (Å²) in [6.45, 7) is 0. The van der Waals surface area contributed by atoms with Crippen molar-refractivity contribution in [2.24, 2.45) is 0 Å². The van der Waals surface area contributed by atoms with Crippen LogP contribution in [0.15, 0.2) is 48.7 Å². The molecule has 16 heavy (non-hydrogen) atoms. The van der Waals surface area contributed by atoms with Gasteiger partial charge in [-0.2, -0.15) is 0 Å². The predicted octanol–water partition coefficient (Wildman–Crippen LogP) is 1.19. The van der Waals surface area contributed by atoms with Crippen molar-refractivity contribution in [3.63, 3.8) is 0 Å². The molecule has 0 saturated heterocycles. The van der Waals surface area contributed by atoms with E-state index in [1.807, 2.05) is 6.07 Å². The minimum absolute atomic E-state index is 0.119. The van der Waals surface area contributed by atoms with Crippen molar-refractivity contribution in [1.29, 1.82) is 0 Å². The number of aromatic carboxylic acids is 1. The topological polar surface area (TPSA) is 65.0 Å². The van der Waals surface area contributed by atoms with E-state index >= 15 is 0 Å². The second-order valence-electron chi connectivity index (χ2n) is 3.17. The summed E-state index contributed by atoms with van der Waals surface area (Å²) in [6.07, 6.45) is 1.63. The van der Waals surface area contributed by atoms with Crippen molar-refractivity contribution in [2.45, 2.75) is 0 Å². The van der Waals surface area contributed by atoms with Crippen LogP contribution in [0, 0.1) is 0 Å². The molecule has 0 unspecified atom stereocenters. The van der Waals surface area contributed by atoms with E-state index in [2.05, 4.69) is 10.3 Å². The molecule has 80 valence electrons. The SMILES string of the molecule is O=C([O-])c1ccccc1Nc1ccccn1. The number of hydrogen-bond donors (Lipinski definition) is 1. The zero-order chi connectivity index (χ0) is 11.4. The Kier molecular flexibility index (Phi) is 2.82. The van der Waals surface area contributed by atoms with Crippen molar-refractivity contribution in [3.05, 3.63) is 54.2 Å². The van der Waals surface area contributed by atoms with Gasteiger partial charge >= 0.3 is 0 Å². The first-order valence-electron chi connectivity index (χ1n) is 4.76. The maximum atomic E-state index is 10.8. The van der Waals surface area contributed by atoms with Crippen molar-refractivity contribution >= 4 is 17.5 Å². The largest absolute Gasteiger partial charge is 0.545 e. The number of nitrogens with zero attached hydrogens (tertiary/aromatic N) is 1. The number of carboxylic acid groups (broad SMARTS) is 1. The number of pyridine rings is 1. The fourth-order valence-electron chi connectivity index (χ4n) is 1.34. The molecule has 2 aromatic rings. The van der Waals surface area contributed by atoms with Crippen LogP contribution >= 0.6 is 0 Å². The van der Waals surface area contributed by atoms with Gasteiger partial charge in [-0.25, -0.2) is 4.98 Å². The third kappa shape index (κ3) is 2.17.